The van der Waals surface area contributed by atoms with Crippen LogP contribution >= 0.6 is 0 Å². The Labute approximate surface area is 147 Å². The number of carbonyl (C=O) groups is 1. The van der Waals surface area contributed by atoms with Crippen molar-refractivity contribution in [2.45, 2.75) is 20.3 Å². The maximum atomic E-state index is 13.7. The van der Waals surface area contributed by atoms with Crippen molar-refractivity contribution >= 4 is 11.9 Å². The van der Waals surface area contributed by atoms with Crippen molar-refractivity contribution in [1.29, 1.82) is 0 Å². The Hall–Kier alpha value is -2.18. The van der Waals surface area contributed by atoms with E-state index in [-0.39, 0.29) is 17.8 Å². The molecule has 0 amide bonds. The first-order chi connectivity index (χ1) is 12.0. The van der Waals surface area contributed by atoms with E-state index in [2.05, 4.69) is 10.3 Å². The van der Waals surface area contributed by atoms with Crippen LogP contribution in [-0.2, 0) is 16.0 Å². The minimum absolute atomic E-state index is 0.164. The zero-order valence-electron chi connectivity index (χ0n) is 14.9. The van der Waals surface area contributed by atoms with E-state index in [9.17, 15) is 13.6 Å². The third kappa shape index (κ3) is 4.90. The Bertz CT molecular complexity index is 637. The normalized spacial score (nSPS) is 20.7. The molecule has 1 fully saturated rings. The second-order valence-corrected chi connectivity index (χ2v) is 6.23. The van der Waals surface area contributed by atoms with E-state index >= 15 is 0 Å². The Morgan fingerprint density at radius 2 is 2.16 bits per heavy atom. The van der Waals surface area contributed by atoms with Gasteiger partial charge in [-0.2, -0.15) is 0 Å². The Morgan fingerprint density at radius 3 is 2.84 bits per heavy atom. The quantitative estimate of drug-likeness (QED) is 0.501. The Kier molecular flexibility index (Phi) is 6.73. The van der Waals surface area contributed by atoms with Gasteiger partial charge in [-0.25, -0.2) is 8.78 Å². The van der Waals surface area contributed by atoms with Crippen LogP contribution in [0.2, 0.25) is 0 Å². The highest BCUT2D eigenvalue weighted by Crippen LogP contribution is 2.24. The average molecular weight is 353 g/mol. The monoisotopic (exact) mass is 353 g/mol. The van der Waals surface area contributed by atoms with Gasteiger partial charge in [0.1, 0.15) is 11.6 Å². The van der Waals surface area contributed by atoms with E-state index in [4.69, 9.17) is 4.74 Å². The van der Waals surface area contributed by atoms with E-state index in [0.29, 0.717) is 44.1 Å². The molecule has 1 aliphatic heterocycles. The zero-order chi connectivity index (χ0) is 18.4. The predicted octanol–water partition coefficient (Wildman–Crippen LogP) is 2.21. The van der Waals surface area contributed by atoms with Crippen LogP contribution in [-0.4, -0.2) is 50.1 Å². The summed E-state index contributed by atoms with van der Waals surface area (Å²) in [6.07, 6.45) is 0.308. The summed E-state index contributed by atoms with van der Waals surface area (Å²) in [5.74, 6) is -0.444. The topological polar surface area (TPSA) is 53.9 Å². The van der Waals surface area contributed by atoms with Crippen molar-refractivity contribution in [2.24, 2.45) is 16.8 Å². The van der Waals surface area contributed by atoms with Gasteiger partial charge in [0.25, 0.3) is 0 Å². The molecule has 1 aliphatic rings. The fourth-order valence-electron chi connectivity index (χ4n) is 3.04. The summed E-state index contributed by atoms with van der Waals surface area (Å²) in [5, 5.41) is 3.19. The molecule has 5 nitrogen and oxygen atoms in total. The largest absolute Gasteiger partial charge is 0.469 e. The molecule has 1 aromatic carbocycles. The van der Waals surface area contributed by atoms with Gasteiger partial charge in [-0.1, -0.05) is 6.92 Å². The maximum Gasteiger partial charge on any atom is 0.310 e. The second-order valence-electron chi connectivity index (χ2n) is 6.23. The van der Waals surface area contributed by atoms with Crippen molar-refractivity contribution in [1.82, 2.24) is 10.2 Å². The first-order valence-corrected chi connectivity index (χ1v) is 8.51. The molecule has 2 atom stereocenters. The number of methoxy groups -OCH3 is 1. The van der Waals surface area contributed by atoms with Crippen molar-refractivity contribution < 1.29 is 18.3 Å². The molecular weight excluding hydrogens is 328 g/mol. The van der Waals surface area contributed by atoms with Gasteiger partial charge in [0, 0.05) is 26.2 Å². The first-order valence-electron chi connectivity index (χ1n) is 8.51. The lowest BCUT2D eigenvalue weighted by molar-refractivity contribution is -0.145. The number of benzene rings is 1. The van der Waals surface area contributed by atoms with Crippen LogP contribution in [0.4, 0.5) is 8.78 Å². The molecule has 1 N–H and O–H groups in total. The first kappa shape index (κ1) is 19.1. The molecule has 25 heavy (non-hydrogen) atoms. The number of likely N-dealkylation sites (tertiary alicyclic amines) is 1. The van der Waals surface area contributed by atoms with Gasteiger partial charge < -0.3 is 15.0 Å². The van der Waals surface area contributed by atoms with E-state index in [1.165, 1.54) is 13.2 Å². The molecule has 2 rings (SSSR count). The molecule has 1 saturated heterocycles. The summed E-state index contributed by atoms with van der Waals surface area (Å²) in [4.78, 5) is 18.4. The molecule has 138 valence electrons. The molecule has 0 bridgehead atoms. The minimum atomic E-state index is -0.457. The van der Waals surface area contributed by atoms with E-state index in [0.717, 1.165) is 12.1 Å². The highest BCUT2D eigenvalue weighted by molar-refractivity contribution is 5.82. The fourth-order valence-corrected chi connectivity index (χ4v) is 3.04. The molecule has 0 aromatic heterocycles. The van der Waals surface area contributed by atoms with Crippen LogP contribution in [0.25, 0.3) is 0 Å². The summed E-state index contributed by atoms with van der Waals surface area (Å²) < 4.78 is 31.8. The lowest BCUT2D eigenvalue weighted by atomic mass is 9.99. The minimum Gasteiger partial charge on any atom is -0.469 e. The average Bonchev–Trinajstić information content (AvgIpc) is 2.98. The molecular formula is C18H25F2N3O2. The number of carbonyl (C=O) groups excluding carboxylic acids is 1. The van der Waals surface area contributed by atoms with Crippen molar-refractivity contribution in [2.75, 3.05) is 33.3 Å². The SMILES string of the molecule is CCNC(=NCCc1cc(F)ccc1F)N1CC(C)C(C(=O)OC)C1. The highest BCUT2D eigenvalue weighted by Gasteiger charge is 2.36. The second kappa shape index (κ2) is 8.78. The van der Waals surface area contributed by atoms with Gasteiger partial charge >= 0.3 is 5.97 Å². The van der Waals surface area contributed by atoms with Gasteiger partial charge in [-0.3, -0.25) is 9.79 Å². The Morgan fingerprint density at radius 1 is 1.40 bits per heavy atom. The standard InChI is InChI=1S/C18H25F2N3O2/c1-4-21-18(23-10-12(2)15(11-23)17(24)25-3)22-8-7-13-9-14(19)5-6-16(13)20/h5-6,9,12,15H,4,7-8,10-11H2,1-3H3,(H,21,22). The van der Waals surface area contributed by atoms with Crippen molar-refractivity contribution in [3.05, 3.63) is 35.4 Å². The number of aliphatic imine (C=N–C) groups is 1. The van der Waals surface area contributed by atoms with E-state index in [1.54, 1.807) is 0 Å². The summed E-state index contributed by atoms with van der Waals surface area (Å²) in [6, 6.07) is 3.43. The number of hydrogen-bond donors (Lipinski definition) is 1. The number of esters is 1. The summed E-state index contributed by atoms with van der Waals surface area (Å²) in [5.41, 5.74) is 0.307. The number of nitrogens with zero attached hydrogens (tertiary/aromatic N) is 2. The van der Waals surface area contributed by atoms with Crippen molar-refractivity contribution in [3.8, 4) is 0 Å². The molecule has 1 aromatic rings. The molecule has 0 saturated carbocycles. The van der Waals surface area contributed by atoms with Gasteiger partial charge in [0.15, 0.2) is 5.96 Å². The third-order valence-corrected chi connectivity index (χ3v) is 4.40. The predicted molar refractivity (Wildman–Crippen MR) is 92.3 cm³/mol. The third-order valence-electron chi connectivity index (χ3n) is 4.40. The Balaban J connectivity index is 2.03. The number of ether oxygens (including phenoxy) is 1. The summed E-state index contributed by atoms with van der Waals surface area (Å²) in [6.45, 7) is 6.21. The zero-order valence-corrected chi connectivity index (χ0v) is 14.9. The number of halogens is 2. The molecule has 0 aliphatic carbocycles. The van der Waals surface area contributed by atoms with Gasteiger partial charge in [-0.05, 0) is 43.0 Å². The molecule has 1 heterocycles. The van der Waals surface area contributed by atoms with Crippen LogP contribution in [0, 0.1) is 23.5 Å². The van der Waals surface area contributed by atoms with Gasteiger partial charge in [-0.15, -0.1) is 0 Å². The van der Waals surface area contributed by atoms with Crippen LogP contribution in [0.1, 0.15) is 19.4 Å². The van der Waals surface area contributed by atoms with E-state index in [1.807, 2.05) is 18.7 Å². The van der Waals surface area contributed by atoms with Crippen molar-refractivity contribution in [3.63, 3.8) is 0 Å². The van der Waals surface area contributed by atoms with Crippen LogP contribution in [0.3, 0.4) is 0 Å². The molecule has 7 heteroatoms. The number of rotatable bonds is 5. The number of nitrogens with one attached hydrogen (secondary N) is 1. The molecule has 0 radical (unpaired) electrons. The lowest BCUT2D eigenvalue weighted by Crippen LogP contribution is -2.40. The summed E-state index contributed by atoms with van der Waals surface area (Å²) >= 11 is 0. The summed E-state index contributed by atoms with van der Waals surface area (Å²) in [7, 11) is 1.39. The van der Waals surface area contributed by atoms with Crippen LogP contribution in [0.15, 0.2) is 23.2 Å². The van der Waals surface area contributed by atoms with Crippen LogP contribution < -0.4 is 5.32 Å². The molecule has 2 unspecified atom stereocenters. The van der Waals surface area contributed by atoms with Gasteiger partial charge in [0.2, 0.25) is 0 Å². The van der Waals surface area contributed by atoms with Gasteiger partial charge in [0.05, 0.1) is 13.0 Å². The smallest absolute Gasteiger partial charge is 0.310 e. The lowest BCUT2D eigenvalue weighted by Gasteiger charge is -2.21. The number of hydrogen-bond acceptors (Lipinski definition) is 3. The highest BCUT2D eigenvalue weighted by atomic mass is 19.1. The number of guanidine groups is 1. The fraction of sp³-hybridized carbons (Fsp3) is 0.556. The molecule has 0 spiro atoms. The van der Waals surface area contributed by atoms with Crippen LogP contribution in [0.5, 0.6) is 0 Å². The maximum absolute atomic E-state index is 13.7. The van der Waals surface area contributed by atoms with E-state index < -0.39 is 11.6 Å².